The number of carboxylic acids is 1. The summed E-state index contributed by atoms with van der Waals surface area (Å²) in [5, 5.41) is 12.9. The van der Waals surface area contributed by atoms with E-state index in [-0.39, 0.29) is 6.04 Å². The number of hydrogen-bond acceptors (Lipinski definition) is 4. The van der Waals surface area contributed by atoms with Gasteiger partial charge in [-0.1, -0.05) is 0 Å². The molecular formula is C15H29N3O2. The van der Waals surface area contributed by atoms with Crippen molar-refractivity contribution in [3.8, 4) is 0 Å². The quantitative estimate of drug-likeness (QED) is 0.806. The Kier molecular flexibility index (Phi) is 5.04. The zero-order valence-corrected chi connectivity index (χ0v) is 13.1. The van der Waals surface area contributed by atoms with E-state index in [1.807, 2.05) is 13.8 Å². The van der Waals surface area contributed by atoms with Gasteiger partial charge in [0.25, 0.3) is 0 Å². The fourth-order valence-electron chi connectivity index (χ4n) is 3.70. The fraction of sp³-hybridized carbons (Fsp3) is 0.933. The Balaban J connectivity index is 2.00. The number of hydrogen-bond donors (Lipinski definition) is 2. The molecule has 2 N–H and O–H groups in total. The molecule has 2 unspecified atom stereocenters. The van der Waals surface area contributed by atoms with Gasteiger partial charge in [-0.2, -0.15) is 0 Å². The van der Waals surface area contributed by atoms with Crippen molar-refractivity contribution in [2.75, 3.05) is 33.2 Å². The Morgan fingerprint density at radius 1 is 1.30 bits per heavy atom. The molecule has 0 aromatic rings. The molecule has 2 rings (SSSR count). The highest BCUT2D eigenvalue weighted by Crippen LogP contribution is 2.34. The van der Waals surface area contributed by atoms with Crippen molar-refractivity contribution in [1.29, 1.82) is 0 Å². The summed E-state index contributed by atoms with van der Waals surface area (Å²) in [6.07, 6.45) is 3.67. The van der Waals surface area contributed by atoms with Crippen LogP contribution in [0.2, 0.25) is 0 Å². The molecule has 5 nitrogen and oxygen atoms in total. The predicted molar refractivity (Wildman–Crippen MR) is 80.0 cm³/mol. The first-order valence-corrected chi connectivity index (χ1v) is 7.87. The summed E-state index contributed by atoms with van der Waals surface area (Å²) in [4.78, 5) is 16.6. The molecule has 1 saturated heterocycles. The van der Waals surface area contributed by atoms with Gasteiger partial charge in [0.15, 0.2) is 0 Å². The lowest BCUT2D eigenvalue weighted by Crippen LogP contribution is -2.54. The maximum atomic E-state index is 11.7. The van der Waals surface area contributed by atoms with E-state index in [1.165, 1.54) is 6.42 Å². The number of nitrogens with one attached hydrogen (secondary N) is 1. The van der Waals surface area contributed by atoms with Gasteiger partial charge in [-0.3, -0.25) is 15.0 Å². The van der Waals surface area contributed by atoms with Crippen LogP contribution < -0.4 is 5.32 Å². The number of likely N-dealkylation sites (N-methyl/N-ethyl adjacent to an activating group) is 1. The third-order valence-corrected chi connectivity index (χ3v) is 4.73. The summed E-state index contributed by atoms with van der Waals surface area (Å²) in [6.45, 7) is 8.47. The monoisotopic (exact) mass is 283 g/mol. The normalized spacial score (nSPS) is 33.5. The van der Waals surface area contributed by atoms with Gasteiger partial charge < -0.3 is 10.0 Å². The standard InChI is InChI=1S/C15H29N3O2/c1-12(2)16-15(14(19)20)6-5-13(11-15)18-8-4-7-17(3)9-10-18/h12-13,16H,4-11H2,1-3H3,(H,19,20). The minimum atomic E-state index is -0.711. The fourth-order valence-corrected chi connectivity index (χ4v) is 3.70. The van der Waals surface area contributed by atoms with Crippen LogP contribution in [0, 0.1) is 0 Å². The molecule has 0 bridgehead atoms. The van der Waals surface area contributed by atoms with Gasteiger partial charge in [0.05, 0.1) is 0 Å². The van der Waals surface area contributed by atoms with Gasteiger partial charge in [0, 0.05) is 25.2 Å². The van der Waals surface area contributed by atoms with Gasteiger partial charge in [-0.05, 0) is 59.7 Å². The van der Waals surface area contributed by atoms with E-state index in [0.29, 0.717) is 6.04 Å². The molecule has 0 spiro atoms. The molecule has 2 atom stereocenters. The minimum Gasteiger partial charge on any atom is -0.480 e. The summed E-state index contributed by atoms with van der Waals surface area (Å²) in [5.74, 6) is -0.680. The number of carboxylic acid groups (broad SMARTS) is 1. The van der Waals surface area contributed by atoms with Crippen LogP contribution in [0.1, 0.15) is 39.5 Å². The summed E-state index contributed by atoms with van der Waals surface area (Å²) in [7, 11) is 2.17. The predicted octanol–water partition coefficient (Wildman–Crippen LogP) is 0.998. The van der Waals surface area contributed by atoms with E-state index in [0.717, 1.165) is 45.4 Å². The summed E-state index contributed by atoms with van der Waals surface area (Å²) < 4.78 is 0. The molecule has 20 heavy (non-hydrogen) atoms. The molecule has 0 amide bonds. The van der Waals surface area contributed by atoms with Crippen LogP contribution >= 0.6 is 0 Å². The molecule has 5 heteroatoms. The maximum absolute atomic E-state index is 11.7. The molecule has 1 heterocycles. The first-order valence-electron chi connectivity index (χ1n) is 7.87. The van der Waals surface area contributed by atoms with Crippen LogP contribution in [-0.4, -0.2) is 71.7 Å². The van der Waals surface area contributed by atoms with E-state index >= 15 is 0 Å². The van der Waals surface area contributed by atoms with Gasteiger partial charge in [-0.25, -0.2) is 0 Å². The number of carbonyl (C=O) groups is 1. The first kappa shape index (κ1) is 15.7. The van der Waals surface area contributed by atoms with E-state index in [1.54, 1.807) is 0 Å². The molecule has 1 saturated carbocycles. The van der Waals surface area contributed by atoms with Crippen molar-refractivity contribution in [3.05, 3.63) is 0 Å². The summed E-state index contributed by atoms with van der Waals surface area (Å²) in [5.41, 5.74) is -0.711. The highest BCUT2D eigenvalue weighted by molar-refractivity contribution is 5.79. The Labute approximate surface area is 122 Å². The Morgan fingerprint density at radius 3 is 2.70 bits per heavy atom. The Bertz CT molecular complexity index is 348. The summed E-state index contributed by atoms with van der Waals surface area (Å²) >= 11 is 0. The van der Waals surface area contributed by atoms with Gasteiger partial charge in [0.2, 0.25) is 0 Å². The van der Waals surface area contributed by atoms with Crippen LogP contribution in [0.25, 0.3) is 0 Å². The van der Waals surface area contributed by atoms with Crippen LogP contribution in [0.15, 0.2) is 0 Å². The van der Waals surface area contributed by atoms with Gasteiger partial charge in [0.1, 0.15) is 5.54 Å². The molecule has 0 radical (unpaired) electrons. The van der Waals surface area contributed by atoms with Crippen LogP contribution in [0.5, 0.6) is 0 Å². The second kappa shape index (κ2) is 6.41. The van der Waals surface area contributed by atoms with E-state index in [4.69, 9.17) is 0 Å². The van der Waals surface area contributed by atoms with Crippen LogP contribution in [-0.2, 0) is 4.79 Å². The number of aliphatic carboxylic acids is 1. The molecule has 1 aliphatic heterocycles. The van der Waals surface area contributed by atoms with E-state index < -0.39 is 11.5 Å². The second-order valence-corrected chi connectivity index (χ2v) is 6.78. The molecular weight excluding hydrogens is 254 g/mol. The number of nitrogens with zero attached hydrogens (tertiary/aromatic N) is 2. The van der Waals surface area contributed by atoms with Crippen molar-refractivity contribution in [3.63, 3.8) is 0 Å². The van der Waals surface area contributed by atoms with Gasteiger partial charge in [-0.15, -0.1) is 0 Å². The van der Waals surface area contributed by atoms with Crippen molar-refractivity contribution in [2.24, 2.45) is 0 Å². The minimum absolute atomic E-state index is 0.208. The summed E-state index contributed by atoms with van der Waals surface area (Å²) in [6, 6.07) is 0.629. The molecule has 0 aromatic heterocycles. The lowest BCUT2D eigenvalue weighted by Gasteiger charge is -2.31. The lowest BCUT2D eigenvalue weighted by molar-refractivity contribution is -0.145. The van der Waals surface area contributed by atoms with Crippen molar-refractivity contribution in [2.45, 2.75) is 57.2 Å². The third kappa shape index (κ3) is 3.51. The largest absolute Gasteiger partial charge is 0.480 e. The van der Waals surface area contributed by atoms with E-state index in [2.05, 4.69) is 22.2 Å². The first-order chi connectivity index (χ1) is 9.43. The van der Waals surface area contributed by atoms with Crippen molar-refractivity contribution >= 4 is 5.97 Å². The molecule has 0 aromatic carbocycles. The highest BCUT2D eigenvalue weighted by atomic mass is 16.4. The smallest absolute Gasteiger partial charge is 0.323 e. The molecule has 1 aliphatic carbocycles. The highest BCUT2D eigenvalue weighted by Gasteiger charge is 2.47. The number of rotatable bonds is 4. The van der Waals surface area contributed by atoms with Crippen molar-refractivity contribution < 1.29 is 9.90 Å². The lowest BCUT2D eigenvalue weighted by atomic mass is 9.96. The topological polar surface area (TPSA) is 55.8 Å². The van der Waals surface area contributed by atoms with Gasteiger partial charge >= 0.3 is 5.97 Å². The maximum Gasteiger partial charge on any atom is 0.323 e. The van der Waals surface area contributed by atoms with Crippen molar-refractivity contribution in [1.82, 2.24) is 15.1 Å². The zero-order chi connectivity index (χ0) is 14.8. The average Bonchev–Trinajstić information content (AvgIpc) is 2.66. The molecule has 2 fully saturated rings. The average molecular weight is 283 g/mol. The third-order valence-electron chi connectivity index (χ3n) is 4.73. The Morgan fingerprint density at radius 2 is 2.05 bits per heavy atom. The SMILES string of the molecule is CC(C)NC1(C(=O)O)CCC(N2CCCN(C)CC2)C1. The zero-order valence-electron chi connectivity index (χ0n) is 13.1. The van der Waals surface area contributed by atoms with Crippen LogP contribution in [0.3, 0.4) is 0 Å². The Hall–Kier alpha value is -0.650. The van der Waals surface area contributed by atoms with E-state index in [9.17, 15) is 9.90 Å². The molecule has 116 valence electrons. The van der Waals surface area contributed by atoms with Crippen LogP contribution in [0.4, 0.5) is 0 Å². The second-order valence-electron chi connectivity index (χ2n) is 6.78. The molecule has 2 aliphatic rings.